The number of carbonyl (C=O) groups is 1. The van der Waals surface area contributed by atoms with Gasteiger partial charge in [0.1, 0.15) is 11.8 Å². The molecule has 0 radical (unpaired) electrons. The van der Waals surface area contributed by atoms with Gasteiger partial charge >= 0.3 is 0 Å². The van der Waals surface area contributed by atoms with Crippen molar-refractivity contribution in [3.63, 3.8) is 0 Å². The van der Waals surface area contributed by atoms with Crippen LogP contribution in [-0.2, 0) is 12.0 Å². The second-order valence-corrected chi connectivity index (χ2v) is 7.27. The first-order valence-electron chi connectivity index (χ1n) is 8.41. The van der Waals surface area contributed by atoms with Crippen molar-refractivity contribution in [2.24, 2.45) is 0 Å². The number of ether oxygens (including phenoxy) is 1. The Labute approximate surface area is 153 Å². The van der Waals surface area contributed by atoms with Crippen LogP contribution in [0.25, 0.3) is 0 Å². The third kappa shape index (κ3) is 3.39. The minimum absolute atomic E-state index is 0.0252. The van der Waals surface area contributed by atoms with Crippen molar-refractivity contribution in [3.8, 4) is 11.8 Å². The lowest BCUT2D eigenvalue weighted by Gasteiger charge is -2.37. The van der Waals surface area contributed by atoms with Crippen molar-refractivity contribution in [2.45, 2.75) is 25.8 Å². The Hall–Kier alpha value is -2.91. The number of rotatable bonds is 3. The number of nitrogens with one attached hydrogen (secondary N) is 1. The first-order valence-corrected chi connectivity index (χ1v) is 8.41. The zero-order chi connectivity index (χ0) is 18.9. The van der Waals surface area contributed by atoms with E-state index in [0.29, 0.717) is 22.6 Å². The number of benzene rings is 1. The van der Waals surface area contributed by atoms with E-state index in [2.05, 4.69) is 36.1 Å². The molecule has 0 spiro atoms. The van der Waals surface area contributed by atoms with Crippen molar-refractivity contribution >= 4 is 11.6 Å². The van der Waals surface area contributed by atoms with Gasteiger partial charge in [-0.25, -0.2) is 0 Å². The Morgan fingerprint density at radius 1 is 1.38 bits per heavy atom. The standard InChI is InChI=1S/C20H22N4O2/c1-20(2)12-24(3)11-15-8-16(10-22-18(15)20)23-19(25)13-5-6-17(26-4)14(7-13)9-21/h5-8,10H,11-12H2,1-4H3,(H,23,25). The van der Waals surface area contributed by atoms with E-state index in [4.69, 9.17) is 4.74 Å². The lowest BCUT2D eigenvalue weighted by molar-refractivity contribution is 0.102. The number of likely N-dealkylation sites (N-methyl/N-ethyl adjacent to an activating group) is 1. The topological polar surface area (TPSA) is 78.2 Å². The lowest BCUT2D eigenvalue weighted by Crippen LogP contribution is -2.40. The van der Waals surface area contributed by atoms with Crippen LogP contribution in [0.5, 0.6) is 5.75 Å². The Kier molecular flexibility index (Phi) is 4.66. The predicted molar refractivity (Wildman–Crippen MR) is 99.3 cm³/mol. The number of nitriles is 1. The van der Waals surface area contributed by atoms with Crippen molar-refractivity contribution in [1.29, 1.82) is 5.26 Å². The predicted octanol–water partition coefficient (Wildman–Crippen LogP) is 2.94. The number of nitrogens with zero attached hydrogens (tertiary/aromatic N) is 3. The maximum Gasteiger partial charge on any atom is 0.255 e. The van der Waals surface area contributed by atoms with Crippen molar-refractivity contribution in [2.75, 3.05) is 26.0 Å². The van der Waals surface area contributed by atoms with E-state index in [1.165, 1.54) is 13.2 Å². The molecule has 0 fully saturated rings. The summed E-state index contributed by atoms with van der Waals surface area (Å²) in [4.78, 5) is 19.4. The SMILES string of the molecule is COc1ccc(C(=O)Nc2cnc3c(c2)CN(C)CC3(C)C)cc1C#N. The second kappa shape index (κ2) is 6.77. The Balaban J connectivity index is 1.85. The van der Waals surface area contributed by atoms with E-state index >= 15 is 0 Å². The van der Waals surface area contributed by atoms with Crippen LogP contribution in [0.15, 0.2) is 30.5 Å². The summed E-state index contributed by atoms with van der Waals surface area (Å²) >= 11 is 0. The molecule has 6 nitrogen and oxygen atoms in total. The molecule has 0 bridgehead atoms. The van der Waals surface area contributed by atoms with Crippen LogP contribution < -0.4 is 10.1 Å². The van der Waals surface area contributed by atoms with Crippen LogP contribution in [0.2, 0.25) is 0 Å². The molecule has 0 unspecified atom stereocenters. The minimum atomic E-state index is -0.283. The molecule has 1 amide bonds. The summed E-state index contributed by atoms with van der Waals surface area (Å²) in [5, 5.41) is 12.0. The molecule has 1 N–H and O–H groups in total. The summed E-state index contributed by atoms with van der Waals surface area (Å²) in [7, 11) is 3.57. The molecule has 2 aromatic rings. The average Bonchev–Trinajstić information content (AvgIpc) is 2.59. The fraction of sp³-hybridized carbons (Fsp3) is 0.350. The van der Waals surface area contributed by atoms with E-state index < -0.39 is 0 Å². The van der Waals surface area contributed by atoms with Gasteiger partial charge in [0.05, 0.1) is 30.3 Å². The summed E-state index contributed by atoms with van der Waals surface area (Å²) in [5.74, 6) is 0.166. The number of amides is 1. The van der Waals surface area contributed by atoms with E-state index in [1.807, 2.05) is 12.1 Å². The van der Waals surface area contributed by atoms with E-state index in [1.54, 1.807) is 18.3 Å². The molecule has 6 heteroatoms. The molecular formula is C20H22N4O2. The van der Waals surface area contributed by atoms with Crippen LogP contribution in [0, 0.1) is 11.3 Å². The quantitative estimate of drug-likeness (QED) is 0.921. The van der Waals surface area contributed by atoms with Gasteiger partial charge in [0.25, 0.3) is 5.91 Å². The third-order valence-electron chi connectivity index (χ3n) is 4.55. The highest BCUT2D eigenvalue weighted by molar-refractivity contribution is 6.04. The molecule has 1 aromatic carbocycles. The van der Waals surface area contributed by atoms with Gasteiger partial charge in [-0.3, -0.25) is 9.78 Å². The number of carbonyl (C=O) groups excluding carboxylic acids is 1. The van der Waals surface area contributed by atoms with Gasteiger partial charge < -0.3 is 15.0 Å². The van der Waals surface area contributed by atoms with Crippen LogP contribution in [0.1, 0.15) is 41.0 Å². The smallest absolute Gasteiger partial charge is 0.255 e. The highest BCUT2D eigenvalue weighted by Gasteiger charge is 2.31. The van der Waals surface area contributed by atoms with Crippen molar-refractivity contribution in [1.82, 2.24) is 9.88 Å². The van der Waals surface area contributed by atoms with Crippen LogP contribution >= 0.6 is 0 Å². The Bertz CT molecular complexity index is 899. The molecule has 1 aliphatic heterocycles. The van der Waals surface area contributed by atoms with Crippen LogP contribution in [0.4, 0.5) is 5.69 Å². The van der Waals surface area contributed by atoms with Gasteiger partial charge in [0.2, 0.25) is 0 Å². The van der Waals surface area contributed by atoms with E-state index in [-0.39, 0.29) is 11.3 Å². The van der Waals surface area contributed by atoms with E-state index in [0.717, 1.165) is 24.3 Å². The zero-order valence-corrected chi connectivity index (χ0v) is 15.5. The number of pyridine rings is 1. The summed E-state index contributed by atoms with van der Waals surface area (Å²) in [6.45, 7) is 6.10. The van der Waals surface area contributed by atoms with Gasteiger partial charge in [0.15, 0.2) is 0 Å². The second-order valence-electron chi connectivity index (χ2n) is 7.27. The fourth-order valence-electron chi connectivity index (χ4n) is 3.54. The number of hydrogen-bond acceptors (Lipinski definition) is 5. The molecule has 0 saturated heterocycles. The first-order chi connectivity index (χ1) is 12.3. The van der Waals surface area contributed by atoms with Gasteiger partial charge in [-0.1, -0.05) is 13.8 Å². The molecule has 0 aliphatic carbocycles. The first kappa shape index (κ1) is 17.9. The number of anilines is 1. The third-order valence-corrected chi connectivity index (χ3v) is 4.55. The molecule has 1 aliphatic rings. The van der Waals surface area contributed by atoms with Crippen LogP contribution in [0.3, 0.4) is 0 Å². The number of methoxy groups -OCH3 is 1. The normalized spacial score (nSPS) is 15.7. The van der Waals surface area contributed by atoms with Gasteiger partial charge in [-0.05, 0) is 36.9 Å². The largest absolute Gasteiger partial charge is 0.495 e. The summed E-state index contributed by atoms with van der Waals surface area (Å²) in [6.07, 6.45) is 1.69. The van der Waals surface area contributed by atoms with E-state index in [9.17, 15) is 10.1 Å². The summed E-state index contributed by atoms with van der Waals surface area (Å²) in [6, 6.07) is 8.80. The maximum atomic E-state index is 12.5. The molecular weight excluding hydrogens is 328 g/mol. The summed E-state index contributed by atoms with van der Waals surface area (Å²) in [5.41, 5.74) is 3.54. The van der Waals surface area contributed by atoms with Crippen LogP contribution in [-0.4, -0.2) is 36.5 Å². The Morgan fingerprint density at radius 2 is 2.15 bits per heavy atom. The lowest BCUT2D eigenvalue weighted by atomic mass is 9.82. The van der Waals surface area contributed by atoms with Gasteiger partial charge in [0, 0.05) is 24.1 Å². The molecule has 0 saturated carbocycles. The van der Waals surface area contributed by atoms with Gasteiger partial charge in [-0.2, -0.15) is 5.26 Å². The minimum Gasteiger partial charge on any atom is -0.495 e. The fourth-order valence-corrected chi connectivity index (χ4v) is 3.54. The highest BCUT2D eigenvalue weighted by Crippen LogP contribution is 2.32. The summed E-state index contributed by atoms with van der Waals surface area (Å²) < 4.78 is 5.11. The molecule has 2 heterocycles. The molecule has 26 heavy (non-hydrogen) atoms. The molecule has 3 rings (SSSR count). The monoisotopic (exact) mass is 350 g/mol. The van der Waals surface area contributed by atoms with Gasteiger partial charge in [-0.15, -0.1) is 0 Å². The highest BCUT2D eigenvalue weighted by atomic mass is 16.5. The molecule has 1 aromatic heterocycles. The number of aromatic nitrogens is 1. The number of fused-ring (bicyclic) bond motifs is 1. The van der Waals surface area contributed by atoms with Crippen molar-refractivity contribution in [3.05, 3.63) is 52.8 Å². The average molecular weight is 350 g/mol. The van der Waals surface area contributed by atoms with Crippen molar-refractivity contribution < 1.29 is 9.53 Å². The number of hydrogen-bond donors (Lipinski definition) is 1. The maximum absolute atomic E-state index is 12.5. The Morgan fingerprint density at radius 3 is 2.85 bits per heavy atom. The molecule has 134 valence electrons. The molecule has 0 atom stereocenters. The zero-order valence-electron chi connectivity index (χ0n) is 15.5.